The minimum Gasteiger partial charge on any atom is -0.480 e. The predicted octanol–water partition coefficient (Wildman–Crippen LogP) is 2.70. The van der Waals surface area contributed by atoms with Crippen molar-refractivity contribution in [1.29, 1.82) is 0 Å². The maximum Gasteiger partial charge on any atom is 0.320 e. The second-order valence-corrected chi connectivity index (χ2v) is 5.48. The van der Waals surface area contributed by atoms with E-state index in [0.29, 0.717) is 18.9 Å². The number of aromatic nitrogens is 1. The molecule has 0 aliphatic carbocycles. The fourth-order valence-corrected chi connectivity index (χ4v) is 2.71. The lowest BCUT2D eigenvalue weighted by Crippen LogP contribution is -2.35. The standard InChI is InChI=1S/C16H18N2O3/c1-11-4-6-12(7-5-11)15-17-13(10-21-15)9-18-8-2-3-14(18)16(19)20/h4-7,10,14H,2-3,8-9H2,1H3,(H,19,20)/t14-/m0/s1. The van der Waals surface area contributed by atoms with E-state index >= 15 is 0 Å². The fourth-order valence-electron chi connectivity index (χ4n) is 2.71. The summed E-state index contributed by atoms with van der Waals surface area (Å²) < 4.78 is 5.51. The Hall–Kier alpha value is -2.14. The number of nitrogens with zero attached hydrogens (tertiary/aromatic N) is 2. The fraction of sp³-hybridized carbons (Fsp3) is 0.375. The molecule has 110 valence electrons. The highest BCUT2D eigenvalue weighted by Crippen LogP contribution is 2.23. The summed E-state index contributed by atoms with van der Waals surface area (Å²) in [5.74, 6) is -0.175. The average molecular weight is 286 g/mol. The maximum atomic E-state index is 11.2. The number of benzene rings is 1. The van der Waals surface area contributed by atoms with Gasteiger partial charge in [-0.25, -0.2) is 4.98 Å². The molecule has 0 saturated carbocycles. The summed E-state index contributed by atoms with van der Waals surface area (Å²) in [6, 6.07) is 7.58. The Morgan fingerprint density at radius 3 is 2.90 bits per heavy atom. The van der Waals surface area contributed by atoms with Crippen LogP contribution in [-0.2, 0) is 11.3 Å². The Balaban J connectivity index is 1.73. The number of oxazole rings is 1. The van der Waals surface area contributed by atoms with E-state index in [9.17, 15) is 9.90 Å². The van der Waals surface area contributed by atoms with Gasteiger partial charge in [0, 0.05) is 12.1 Å². The highest BCUT2D eigenvalue weighted by molar-refractivity contribution is 5.73. The van der Waals surface area contributed by atoms with Crippen molar-refractivity contribution in [3.8, 4) is 11.5 Å². The third kappa shape index (κ3) is 2.97. The van der Waals surface area contributed by atoms with Crippen LogP contribution in [0.25, 0.3) is 11.5 Å². The molecule has 3 rings (SSSR count). The number of carboxylic acid groups (broad SMARTS) is 1. The number of carbonyl (C=O) groups is 1. The lowest BCUT2D eigenvalue weighted by Gasteiger charge is -2.19. The summed E-state index contributed by atoms with van der Waals surface area (Å²) in [4.78, 5) is 17.6. The Morgan fingerprint density at radius 1 is 1.43 bits per heavy atom. The van der Waals surface area contributed by atoms with Crippen LogP contribution in [0.2, 0.25) is 0 Å². The van der Waals surface area contributed by atoms with Gasteiger partial charge in [0.05, 0.1) is 5.69 Å². The van der Waals surface area contributed by atoms with E-state index in [1.165, 1.54) is 5.56 Å². The molecule has 1 aromatic heterocycles. The SMILES string of the molecule is Cc1ccc(-c2nc(CN3CCC[C@H]3C(=O)O)co2)cc1. The van der Waals surface area contributed by atoms with Crippen LogP contribution in [0.4, 0.5) is 0 Å². The van der Waals surface area contributed by atoms with Crippen molar-refractivity contribution in [2.75, 3.05) is 6.54 Å². The minimum atomic E-state index is -0.755. The highest BCUT2D eigenvalue weighted by atomic mass is 16.4. The van der Waals surface area contributed by atoms with Crippen molar-refractivity contribution >= 4 is 5.97 Å². The number of carboxylic acids is 1. The Bertz CT molecular complexity index is 633. The number of aliphatic carboxylic acids is 1. The molecule has 0 radical (unpaired) electrons. The van der Waals surface area contributed by atoms with Gasteiger partial charge in [-0.2, -0.15) is 0 Å². The van der Waals surface area contributed by atoms with Crippen molar-refractivity contribution in [3.05, 3.63) is 41.8 Å². The topological polar surface area (TPSA) is 66.6 Å². The number of likely N-dealkylation sites (tertiary alicyclic amines) is 1. The molecule has 0 amide bonds. The first kappa shape index (κ1) is 13.8. The van der Waals surface area contributed by atoms with Gasteiger partial charge in [0.1, 0.15) is 12.3 Å². The first-order valence-electron chi connectivity index (χ1n) is 7.12. The van der Waals surface area contributed by atoms with Gasteiger partial charge in [-0.3, -0.25) is 9.69 Å². The largest absolute Gasteiger partial charge is 0.480 e. The lowest BCUT2D eigenvalue weighted by atomic mass is 10.1. The molecular weight excluding hydrogens is 268 g/mol. The molecule has 5 heteroatoms. The zero-order valence-corrected chi connectivity index (χ0v) is 12.0. The third-order valence-electron chi connectivity index (χ3n) is 3.86. The average Bonchev–Trinajstić information content (AvgIpc) is 3.09. The molecule has 0 bridgehead atoms. The molecule has 1 atom stereocenters. The zero-order valence-electron chi connectivity index (χ0n) is 12.0. The number of hydrogen-bond donors (Lipinski definition) is 1. The molecule has 5 nitrogen and oxygen atoms in total. The van der Waals surface area contributed by atoms with Crippen LogP contribution in [0.15, 0.2) is 34.9 Å². The van der Waals surface area contributed by atoms with E-state index in [1.807, 2.05) is 36.1 Å². The van der Waals surface area contributed by atoms with Crippen molar-refractivity contribution in [2.45, 2.75) is 32.4 Å². The van der Waals surface area contributed by atoms with Gasteiger partial charge in [0.15, 0.2) is 0 Å². The molecule has 0 spiro atoms. The molecule has 0 unspecified atom stereocenters. The van der Waals surface area contributed by atoms with Crippen LogP contribution < -0.4 is 0 Å². The van der Waals surface area contributed by atoms with E-state index in [1.54, 1.807) is 6.26 Å². The zero-order chi connectivity index (χ0) is 14.8. The smallest absolute Gasteiger partial charge is 0.320 e. The Labute approximate surface area is 123 Å². The second-order valence-electron chi connectivity index (χ2n) is 5.48. The van der Waals surface area contributed by atoms with Gasteiger partial charge in [-0.15, -0.1) is 0 Å². The lowest BCUT2D eigenvalue weighted by molar-refractivity contribution is -0.142. The van der Waals surface area contributed by atoms with Crippen LogP contribution in [0, 0.1) is 6.92 Å². The number of aryl methyl sites for hydroxylation is 1. The van der Waals surface area contributed by atoms with E-state index in [2.05, 4.69) is 4.98 Å². The van der Waals surface area contributed by atoms with Gasteiger partial charge in [-0.1, -0.05) is 17.7 Å². The quantitative estimate of drug-likeness (QED) is 0.936. The van der Waals surface area contributed by atoms with Crippen LogP contribution in [0.5, 0.6) is 0 Å². The van der Waals surface area contributed by atoms with Gasteiger partial charge >= 0.3 is 5.97 Å². The normalized spacial score (nSPS) is 19.0. The molecule has 21 heavy (non-hydrogen) atoms. The van der Waals surface area contributed by atoms with Crippen LogP contribution in [-0.4, -0.2) is 33.5 Å². The summed E-state index contributed by atoms with van der Waals surface area (Å²) >= 11 is 0. The molecule has 1 N–H and O–H groups in total. The number of hydrogen-bond acceptors (Lipinski definition) is 4. The van der Waals surface area contributed by atoms with Crippen molar-refractivity contribution in [1.82, 2.24) is 9.88 Å². The van der Waals surface area contributed by atoms with Crippen LogP contribution in [0.1, 0.15) is 24.1 Å². The van der Waals surface area contributed by atoms with E-state index < -0.39 is 12.0 Å². The van der Waals surface area contributed by atoms with Crippen molar-refractivity contribution in [3.63, 3.8) is 0 Å². The first-order valence-corrected chi connectivity index (χ1v) is 7.12. The Morgan fingerprint density at radius 2 is 2.19 bits per heavy atom. The molecule has 1 aromatic carbocycles. The van der Waals surface area contributed by atoms with E-state index in [0.717, 1.165) is 24.2 Å². The molecule has 2 heterocycles. The van der Waals surface area contributed by atoms with Crippen molar-refractivity contribution in [2.24, 2.45) is 0 Å². The first-order chi connectivity index (χ1) is 10.1. The summed E-state index contributed by atoms with van der Waals surface area (Å²) in [6.45, 7) is 3.35. The van der Waals surface area contributed by atoms with Crippen LogP contribution in [0.3, 0.4) is 0 Å². The van der Waals surface area contributed by atoms with Gasteiger partial charge in [0.2, 0.25) is 5.89 Å². The monoisotopic (exact) mass is 286 g/mol. The van der Waals surface area contributed by atoms with Gasteiger partial charge in [-0.05, 0) is 38.4 Å². The second kappa shape index (κ2) is 5.69. The summed E-state index contributed by atoms with van der Waals surface area (Å²) in [5, 5.41) is 9.19. The molecule has 1 fully saturated rings. The predicted molar refractivity (Wildman–Crippen MR) is 77.7 cm³/mol. The molecule has 2 aromatic rings. The molecular formula is C16H18N2O3. The summed E-state index contributed by atoms with van der Waals surface area (Å²) in [5.41, 5.74) is 2.90. The third-order valence-corrected chi connectivity index (χ3v) is 3.86. The maximum absolute atomic E-state index is 11.2. The summed E-state index contributed by atoms with van der Waals surface area (Å²) in [7, 11) is 0. The molecule has 1 saturated heterocycles. The minimum absolute atomic E-state index is 0.399. The molecule has 1 aliphatic rings. The Kier molecular flexibility index (Phi) is 3.75. The van der Waals surface area contributed by atoms with Gasteiger partial charge in [0.25, 0.3) is 0 Å². The van der Waals surface area contributed by atoms with Crippen molar-refractivity contribution < 1.29 is 14.3 Å². The van der Waals surface area contributed by atoms with E-state index in [-0.39, 0.29) is 0 Å². The van der Waals surface area contributed by atoms with Crippen LogP contribution >= 0.6 is 0 Å². The highest BCUT2D eigenvalue weighted by Gasteiger charge is 2.30. The molecule has 1 aliphatic heterocycles. The van der Waals surface area contributed by atoms with E-state index in [4.69, 9.17) is 4.42 Å². The summed E-state index contributed by atoms with van der Waals surface area (Å²) in [6.07, 6.45) is 3.24. The number of rotatable bonds is 4. The van der Waals surface area contributed by atoms with Gasteiger partial charge < -0.3 is 9.52 Å².